The summed E-state index contributed by atoms with van der Waals surface area (Å²) in [5.74, 6) is -0.939. The molecule has 0 amide bonds. The van der Waals surface area contributed by atoms with Crippen LogP contribution in [0.15, 0.2) is 12.4 Å². The van der Waals surface area contributed by atoms with Gasteiger partial charge in [-0.25, -0.2) is 24.5 Å². The molecule has 0 saturated carbocycles. The van der Waals surface area contributed by atoms with E-state index in [9.17, 15) is 9.59 Å². The zero-order valence-corrected chi connectivity index (χ0v) is 14.0. The first-order valence-electron chi connectivity index (χ1n) is 7.39. The van der Waals surface area contributed by atoms with E-state index >= 15 is 0 Å². The number of carbonyl (C=O) groups excluding carboxylic acids is 1. The third kappa shape index (κ3) is 2.94. The molecule has 0 spiro atoms. The number of hydrogen-bond donors (Lipinski definition) is 1. The van der Waals surface area contributed by atoms with Crippen LogP contribution in [0.1, 0.15) is 49.7 Å². The lowest BCUT2D eigenvalue weighted by molar-refractivity contribution is 0.0593. The van der Waals surface area contributed by atoms with Crippen molar-refractivity contribution in [3.8, 4) is 0 Å². The van der Waals surface area contributed by atoms with Crippen LogP contribution < -0.4 is 4.90 Å². The summed E-state index contributed by atoms with van der Waals surface area (Å²) in [6.07, 6.45) is 4.55. The number of nitrogens with zero attached hydrogens (tertiary/aromatic N) is 4. The van der Waals surface area contributed by atoms with Crippen molar-refractivity contribution in [1.29, 1.82) is 0 Å². The van der Waals surface area contributed by atoms with Crippen molar-refractivity contribution in [2.45, 2.75) is 25.8 Å². The van der Waals surface area contributed by atoms with Crippen LogP contribution in [-0.4, -0.2) is 45.7 Å². The zero-order chi connectivity index (χ0) is 17.3. The van der Waals surface area contributed by atoms with E-state index in [-0.39, 0.29) is 11.7 Å². The SMILES string of the molecule is COC(=O)c1nc(C2CCCN2c2cnc(C(=O)O)cn2)sc1C. The number of ether oxygens (including phenoxy) is 1. The summed E-state index contributed by atoms with van der Waals surface area (Å²) in [6.45, 7) is 2.62. The molecule has 1 aliphatic heterocycles. The van der Waals surface area contributed by atoms with Gasteiger partial charge in [-0.3, -0.25) is 0 Å². The molecule has 0 aliphatic carbocycles. The van der Waals surface area contributed by atoms with Crippen molar-refractivity contribution in [3.63, 3.8) is 0 Å². The van der Waals surface area contributed by atoms with E-state index in [1.165, 1.54) is 30.8 Å². The molecule has 24 heavy (non-hydrogen) atoms. The number of aromatic nitrogens is 3. The van der Waals surface area contributed by atoms with Gasteiger partial charge in [0.1, 0.15) is 10.8 Å². The highest BCUT2D eigenvalue weighted by Gasteiger charge is 2.31. The monoisotopic (exact) mass is 348 g/mol. The van der Waals surface area contributed by atoms with Crippen LogP contribution in [0.2, 0.25) is 0 Å². The van der Waals surface area contributed by atoms with Gasteiger partial charge in [0.05, 0.1) is 25.5 Å². The minimum atomic E-state index is -1.11. The predicted molar refractivity (Wildman–Crippen MR) is 86.5 cm³/mol. The molecule has 9 heteroatoms. The Labute approximate surface area is 142 Å². The van der Waals surface area contributed by atoms with Crippen LogP contribution in [0.5, 0.6) is 0 Å². The van der Waals surface area contributed by atoms with Crippen molar-refractivity contribution >= 4 is 29.1 Å². The van der Waals surface area contributed by atoms with Crippen molar-refractivity contribution in [2.75, 3.05) is 18.6 Å². The molecule has 1 aliphatic rings. The predicted octanol–water partition coefficient (Wildman–Crippen LogP) is 2.07. The van der Waals surface area contributed by atoms with Gasteiger partial charge in [-0.2, -0.15) is 0 Å². The quantitative estimate of drug-likeness (QED) is 0.837. The van der Waals surface area contributed by atoms with E-state index in [0.29, 0.717) is 11.5 Å². The highest BCUT2D eigenvalue weighted by molar-refractivity contribution is 7.12. The van der Waals surface area contributed by atoms with E-state index in [2.05, 4.69) is 15.0 Å². The van der Waals surface area contributed by atoms with Crippen LogP contribution in [-0.2, 0) is 4.74 Å². The maximum absolute atomic E-state index is 11.7. The molecular weight excluding hydrogens is 332 g/mol. The zero-order valence-electron chi connectivity index (χ0n) is 13.2. The number of esters is 1. The van der Waals surface area contributed by atoms with Crippen LogP contribution >= 0.6 is 11.3 Å². The molecule has 1 saturated heterocycles. The number of thiazole rings is 1. The molecule has 3 rings (SSSR count). The Morgan fingerprint density at radius 1 is 1.38 bits per heavy atom. The maximum atomic E-state index is 11.7. The first kappa shape index (κ1) is 16.3. The van der Waals surface area contributed by atoms with Crippen LogP contribution in [0, 0.1) is 6.92 Å². The Morgan fingerprint density at radius 3 is 2.79 bits per heavy atom. The largest absolute Gasteiger partial charge is 0.476 e. The molecule has 2 aromatic rings. The molecule has 126 valence electrons. The molecule has 0 aromatic carbocycles. The van der Waals surface area contributed by atoms with E-state index in [4.69, 9.17) is 9.84 Å². The number of carboxylic acids is 1. The Morgan fingerprint density at radius 2 is 2.17 bits per heavy atom. The first-order valence-corrected chi connectivity index (χ1v) is 8.20. The third-order valence-electron chi connectivity index (χ3n) is 3.88. The molecule has 1 fully saturated rings. The van der Waals surface area contributed by atoms with E-state index in [1.807, 2.05) is 11.8 Å². The van der Waals surface area contributed by atoms with Crippen molar-refractivity contribution in [2.24, 2.45) is 0 Å². The summed E-state index contributed by atoms with van der Waals surface area (Å²) in [5.41, 5.74) is 0.254. The molecular formula is C15H16N4O4S. The second-order valence-electron chi connectivity index (χ2n) is 5.36. The van der Waals surface area contributed by atoms with Gasteiger partial charge in [-0.05, 0) is 19.8 Å². The standard InChI is InChI=1S/C15H16N4O4S/c1-8-12(15(22)23-2)18-13(24-8)10-4-3-5-19(10)11-7-16-9(6-17-11)14(20)21/h6-7,10H,3-5H2,1-2H3,(H,20,21). The fraction of sp³-hybridized carbons (Fsp3) is 0.400. The second-order valence-corrected chi connectivity index (χ2v) is 6.60. The first-order chi connectivity index (χ1) is 11.5. The normalized spacial score (nSPS) is 17.1. The minimum absolute atomic E-state index is 0.00270. The van der Waals surface area contributed by atoms with Gasteiger partial charge in [0.2, 0.25) is 0 Å². The fourth-order valence-corrected chi connectivity index (χ4v) is 3.78. The van der Waals surface area contributed by atoms with E-state index in [0.717, 1.165) is 29.3 Å². The number of carboxylic acid groups (broad SMARTS) is 1. The molecule has 1 N–H and O–H groups in total. The van der Waals surface area contributed by atoms with Crippen LogP contribution in [0.4, 0.5) is 5.82 Å². The third-order valence-corrected chi connectivity index (χ3v) is 4.95. The molecule has 1 atom stereocenters. The number of rotatable bonds is 4. The van der Waals surface area contributed by atoms with Gasteiger partial charge in [-0.15, -0.1) is 11.3 Å². The molecule has 2 aromatic heterocycles. The number of anilines is 1. The second kappa shape index (κ2) is 6.52. The number of hydrogen-bond acceptors (Lipinski definition) is 8. The van der Waals surface area contributed by atoms with Crippen LogP contribution in [0.25, 0.3) is 0 Å². The van der Waals surface area contributed by atoms with Gasteiger partial charge in [0.15, 0.2) is 11.4 Å². The smallest absolute Gasteiger partial charge is 0.357 e. The number of methoxy groups -OCH3 is 1. The van der Waals surface area contributed by atoms with Crippen LogP contribution in [0.3, 0.4) is 0 Å². The summed E-state index contributed by atoms with van der Waals surface area (Å²) < 4.78 is 4.75. The lowest BCUT2D eigenvalue weighted by Gasteiger charge is -2.23. The van der Waals surface area contributed by atoms with E-state index < -0.39 is 11.9 Å². The van der Waals surface area contributed by atoms with Gasteiger partial charge >= 0.3 is 11.9 Å². The van der Waals surface area contributed by atoms with Crippen molar-refractivity contribution in [1.82, 2.24) is 15.0 Å². The summed E-state index contributed by atoms with van der Waals surface area (Å²) in [4.78, 5) is 38.1. The summed E-state index contributed by atoms with van der Waals surface area (Å²) in [5, 5.41) is 9.74. The molecule has 8 nitrogen and oxygen atoms in total. The summed E-state index contributed by atoms with van der Waals surface area (Å²) >= 11 is 1.47. The van der Waals surface area contributed by atoms with E-state index in [1.54, 1.807) is 0 Å². The topological polar surface area (TPSA) is 106 Å². The fourth-order valence-electron chi connectivity index (χ4n) is 2.72. The Balaban J connectivity index is 1.88. The minimum Gasteiger partial charge on any atom is -0.476 e. The average Bonchev–Trinajstić information content (AvgIpc) is 3.20. The highest BCUT2D eigenvalue weighted by atomic mass is 32.1. The van der Waals surface area contributed by atoms with Gasteiger partial charge in [0.25, 0.3) is 0 Å². The maximum Gasteiger partial charge on any atom is 0.357 e. The summed E-state index contributed by atoms with van der Waals surface area (Å²) in [7, 11) is 1.34. The highest BCUT2D eigenvalue weighted by Crippen LogP contribution is 2.37. The molecule has 0 bridgehead atoms. The Kier molecular flexibility index (Phi) is 4.43. The van der Waals surface area contributed by atoms with Gasteiger partial charge in [0, 0.05) is 11.4 Å². The molecule has 1 unspecified atom stereocenters. The Hall–Kier alpha value is -2.55. The van der Waals surface area contributed by atoms with Crippen molar-refractivity contribution in [3.05, 3.63) is 33.7 Å². The van der Waals surface area contributed by atoms with Gasteiger partial charge in [-0.1, -0.05) is 0 Å². The number of carbonyl (C=O) groups is 2. The lowest BCUT2D eigenvalue weighted by Crippen LogP contribution is -2.24. The van der Waals surface area contributed by atoms with Crippen molar-refractivity contribution < 1.29 is 19.4 Å². The summed E-state index contributed by atoms with van der Waals surface area (Å²) in [6, 6.07) is -0.00270. The average molecular weight is 348 g/mol. The number of aromatic carboxylic acids is 1. The number of aryl methyl sites for hydroxylation is 1. The molecule has 0 radical (unpaired) electrons. The van der Waals surface area contributed by atoms with Gasteiger partial charge < -0.3 is 14.7 Å². The molecule has 3 heterocycles. The lowest BCUT2D eigenvalue weighted by atomic mass is 10.2. The Bertz CT molecular complexity index is 774.